The zero-order chi connectivity index (χ0) is 20.2. The highest BCUT2D eigenvalue weighted by atomic mass is 32.1. The van der Waals surface area contributed by atoms with E-state index in [4.69, 9.17) is 14.5 Å². The molecule has 2 rings (SSSR count). The van der Waals surface area contributed by atoms with Gasteiger partial charge in [0.05, 0.1) is 10.7 Å². The predicted octanol–water partition coefficient (Wildman–Crippen LogP) is 3.37. The van der Waals surface area contributed by atoms with Crippen molar-refractivity contribution in [3.63, 3.8) is 0 Å². The quantitative estimate of drug-likeness (QED) is 0.352. The van der Waals surface area contributed by atoms with E-state index in [1.165, 1.54) is 10.7 Å². The molecule has 0 saturated carbocycles. The number of nitrogens with one attached hydrogen (secondary N) is 2. The van der Waals surface area contributed by atoms with Crippen molar-refractivity contribution >= 4 is 17.3 Å². The van der Waals surface area contributed by atoms with Gasteiger partial charge in [0.25, 0.3) is 0 Å². The summed E-state index contributed by atoms with van der Waals surface area (Å²) in [7, 11) is 0. The van der Waals surface area contributed by atoms with Gasteiger partial charge in [-0.1, -0.05) is 20.8 Å². The van der Waals surface area contributed by atoms with Crippen LogP contribution in [-0.4, -0.2) is 57.0 Å². The van der Waals surface area contributed by atoms with Gasteiger partial charge in [0.1, 0.15) is 0 Å². The predicted molar refractivity (Wildman–Crippen MR) is 117 cm³/mol. The van der Waals surface area contributed by atoms with Crippen LogP contribution in [0.4, 0.5) is 0 Å². The van der Waals surface area contributed by atoms with Crippen molar-refractivity contribution in [2.45, 2.75) is 58.8 Å². The van der Waals surface area contributed by atoms with Gasteiger partial charge < -0.3 is 20.1 Å². The summed E-state index contributed by atoms with van der Waals surface area (Å²) in [4.78, 5) is 9.40. The van der Waals surface area contributed by atoms with Crippen LogP contribution in [0.3, 0.4) is 0 Å². The molecule has 0 atom stereocenters. The van der Waals surface area contributed by atoms with Gasteiger partial charge in [0.15, 0.2) is 5.96 Å². The van der Waals surface area contributed by atoms with Crippen molar-refractivity contribution in [3.8, 4) is 0 Å². The van der Waals surface area contributed by atoms with Crippen molar-refractivity contribution in [2.75, 3.05) is 46.1 Å². The Morgan fingerprint density at radius 3 is 2.79 bits per heavy atom. The largest absolute Gasteiger partial charge is 0.381 e. The van der Waals surface area contributed by atoms with Crippen LogP contribution in [-0.2, 0) is 21.3 Å². The standard InChI is InChI=1S/C21H38N4O2S/c1-5-22-20(23-10-6-12-27-15-17-8-13-26-14-9-17)24-11-7-19-25-18(16-28-19)21(2,3)4/h16-17H,5-15H2,1-4H3,(H2,22,23,24). The first-order valence-corrected chi connectivity index (χ1v) is 11.5. The van der Waals surface area contributed by atoms with E-state index in [9.17, 15) is 0 Å². The van der Waals surface area contributed by atoms with Gasteiger partial charge in [-0.05, 0) is 32.1 Å². The molecule has 0 bridgehead atoms. The normalized spacial score (nSPS) is 16.4. The van der Waals surface area contributed by atoms with Crippen LogP contribution in [0, 0.1) is 5.92 Å². The van der Waals surface area contributed by atoms with Gasteiger partial charge in [-0.15, -0.1) is 11.3 Å². The molecule has 160 valence electrons. The van der Waals surface area contributed by atoms with Crippen LogP contribution in [0.5, 0.6) is 0 Å². The maximum absolute atomic E-state index is 5.81. The fourth-order valence-corrected chi connectivity index (χ4v) is 3.95. The minimum atomic E-state index is 0.116. The van der Waals surface area contributed by atoms with Gasteiger partial charge in [0, 0.05) is 63.3 Å². The molecule has 1 saturated heterocycles. The Bertz CT molecular complexity index is 577. The summed E-state index contributed by atoms with van der Waals surface area (Å²) >= 11 is 1.74. The lowest BCUT2D eigenvalue weighted by Gasteiger charge is -2.21. The van der Waals surface area contributed by atoms with Gasteiger partial charge >= 0.3 is 0 Å². The second-order valence-electron chi connectivity index (χ2n) is 8.30. The molecule has 1 aliphatic rings. The van der Waals surface area contributed by atoms with Crippen molar-refractivity contribution in [2.24, 2.45) is 10.9 Å². The third-order valence-electron chi connectivity index (χ3n) is 4.71. The summed E-state index contributed by atoms with van der Waals surface area (Å²) in [5.74, 6) is 1.54. The Hall–Kier alpha value is -1.18. The monoisotopic (exact) mass is 410 g/mol. The van der Waals surface area contributed by atoms with Crippen LogP contribution in [0.2, 0.25) is 0 Å². The summed E-state index contributed by atoms with van der Waals surface area (Å²) in [6, 6.07) is 0. The minimum absolute atomic E-state index is 0.116. The molecule has 0 unspecified atom stereocenters. The topological polar surface area (TPSA) is 67.8 Å². The summed E-state index contributed by atoms with van der Waals surface area (Å²) in [5, 5.41) is 10.1. The summed E-state index contributed by atoms with van der Waals surface area (Å²) < 4.78 is 11.2. The average Bonchev–Trinajstić information content (AvgIpc) is 3.15. The van der Waals surface area contributed by atoms with Crippen molar-refractivity contribution in [1.29, 1.82) is 0 Å². The lowest BCUT2D eigenvalue weighted by atomic mass is 9.93. The number of aromatic nitrogens is 1. The number of nitrogens with zero attached hydrogens (tertiary/aromatic N) is 2. The Balaban J connectivity index is 1.62. The van der Waals surface area contributed by atoms with E-state index in [0.717, 1.165) is 77.7 Å². The zero-order valence-electron chi connectivity index (χ0n) is 18.1. The highest BCUT2D eigenvalue weighted by Crippen LogP contribution is 2.23. The molecule has 2 N–H and O–H groups in total. The maximum Gasteiger partial charge on any atom is 0.191 e. The van der Waals surface area contributed by atoms with Crippen LogP contribution in [0.1, 0.15) is 57.7 Å². The van der Waals surface area contributed by atoms with Crippen molar-refractivity contribution < 1.29 is 9.47 Å². The van der Waals surface area contributed by atoms with Crippen LogP contribution >= 0.6 is 11.3 Å². The zero-order valence-corrected chi connectivity index (χ0v) is 18.9. The average molecular weight is 411 g/mol. The fourth-order valence-electron chi connectivity index (χ4n) is 2.92. The van der Waals surface area contributed by atoms with Crippen LogP contribution in [0.15, 0.2) is 10.4 Å². The molecule has 28 heavy (non-hydrogen) atoms. The summed E-state index contributed by atoms with van der Waals surface area (Å²) in [6.07, 6.45) is 4.12. The molecule has 1 aromatic rings. The first-order chi connectivity index (χ1) is 13.5. The highest BCUT2D eigenvalue weighted by Gasteiger charge is 2.17. The molecule has 1 aliphatic heterocycles. The van der Waals surface area contributed by atoms with Gasteiger partial charge in [-0.3, -0.25) is 4.99 Å². The molecular weight excluding hydrogens is 372 g/mol. The molecule has 0 radical (unpaired) electrons. The second-order valence-corrected chi connectivity index (χ2v) is 9.24. The number of aliphatic imine (C=N–C) groups is 1. The molecule has 0 amide bonds. The van der Waals surface area contributed by atoms with Crippen LogP contribution in [0.25, 0.3) is 0 Å². The SMILES string of the molecule is CCNC(=NCCCOCC1CCOCC1)NCCc1nc(C(C)(C)C)cs1. The van der Waals surface area contributed by atoms with E-state index in [1.54, 1.807) is 11.3 Å². The number of guanidine groups is 1. The summed E-state index contributed by atoms with van der Waals surface area (Å²) in [6.45, 7) is 14.6. The maximum atomic E-state index is 5.81. The molecule has 0 aromatic carbocycles. The molecule has 0 spiro atoms. The van der Waals surface area contributed by atoms with E-state index >= 15 is 0 Å². The molecule has 1 fully saturated rings. The van der Waals surface area contributed by atoms with Crippen molar-refractivity contribution in [3.05, 3.63) is 16.1 Å². The van der Waals surface area contributed by atoms with Gasteiger partial charge in [-0.2, -0.15) is 0 Å². The molecule has 1 aromatic heterocycles. The van der Waals surface area contributed by atoms with E-state index in [1.807, 2.05) is 0 Å². The second kappa shape index (κ2) is 12.4. The van der Waals surface area contributed by atoms with Crippen molar-refractivity contribution in [1.82, 2.24) is 15.6 Å². The first-order valence-electron chi connectivity index (χ1n) is 10.6. The third kappa shape index (κ3) is 8.88. The van der Waals surface area contributed by atoms with E-state index in [-0.39, 0.29) is 5.41 Å². The van der Waals surface area contributed by atoms with Gasteiger partial charge in [0.2, 0.25) is 0 Å². The molecule has 7 heteroatoms. The number of hydrogen-bond acceptors (Lipinski definition) is 5. The lowest BCUT2D eigenvalue weighted by molar-refractivity contribution is 0.0205. The van der Waals surface area contributed by atoms with Crippen LogP contribution < -0.4 is 10.6 Å². The van der Waals surface area contributed by atoms with E-state index in [2.05, 4.69) is 48.7 Å². The Kier molecular flexibility index (Phi) is 10.2. The Labute approximate surface area is 174 Å². The molecule has 2 heterocycles. The molecular formula is C21H38N4O2S. The number of hydrogen-bond donors (Lipinski definition) is 2. The molecule has 6 nitrogen and oxygen atoms in total. The number of rotatable bonds is 10. The smallest absolute Gasteiger partial charge is 0.191 e. The fraction of sp³-hybridized carbons (Fsp3) is 0.810. The van der Waals surface area contributed by atoms with E-state index in [0.29, 0.717) is 5.92 Å². The Morgan fingerprint density at radius 2 is 2.11 bits per heavy atom. The lowest BCUT2D eigenvalue weighted by Crippen LogP contribution is -2.38. The third-order valence-corrected chi connectivity index (χ3v) is 5.62. The number of ether oxygens (including phenoxy) is 2. The number of thiazole rings is 1. The molecule has 0 aliphatic carbocycles. The Morgan fingerprint density at radius 1 is 1.32 bits per heavy atom. The summed E-state index contributed by atoms with van der Waals surface area (Å²) in [5.41, 5.74) is 1.29. The van der Waals surface area contributed by atoms with Gasteiger partial charge in [-0.25, -0.2) is 4.98 Å². The first kappa shape index (κ1) is 23.1. The minimum Gasteiger partial charge on any atom is -0.381 e. The highest BCUT2D eigenvalue weighted by molar-refractivity contribution is 7.09. The van der Waals surface area contributed by atoms with E-state index < -0.39 is 0 Å².